The van der Waals surface area contributed by atoms with Crippen LogP contribution in [0, 0.1) is 5.92 Å². The third-order valence-corrected chi connectivity index (χ3v) is 3.01. The van der Waals surface area contributed by atoms with Crippen molar-refractivity contribution in [1.29, 1.82) is 0 Å². The summed E-state index contributed by atoms with van der Waals surface area (Å²) < 4.78 is 0. The predicted octanol–water partition coefficient (Wildman–Crippen LogP) is 0.460. The van der Waals surface area contributed by atoms with Crippen molar-refractivity contribution in [3.05, 3.63) is 0 Å². The number of hydrogen-bond donors (Lipinski definition) is 2. The van der Waals surface area contributed by atoms with Crippen molar-refractivity contribution >= 4 is 0 Å². The summed E-state index contributed by atoms with van der Waals surface area (Å²) in [7, 11) is 0. The minimum atomic E-state index is -0.506. The van der Waals surface area contributed by atoms with Crippen molar-refractivity contribution in [3.63, 3.8) is 0 Å². The van der Waals surface area contributed by atoms with Crippen molar-refractivity contribution in [2.45, 2.75) is 38.9 Å². The fourth-order valence-corrected chi connectivity index (χ4v) is 1.65. The van der Waals surface area contributed by atoms with Gasteiger partial charge in [0.1, 0.15) is 0 Å². The first-order chi connectivity index (χ1) is 5.98. The highest BCUT2D eigenvalue weighted by molar-refractivity contribution is 4.97. The van der Waals surface area contributed by atoms with Crippen molar-refractivity contribution in [1.82, 2.24) is 4.90 Å². The molecule has 0 aromatic heterocycles. The first-order valence-electron chi connectivity index (χ1n) is 5.10. The molecule has 0 aromatic rings. The quantitative estimate of drug-likeness (QED) is 0.672. The Morgan fingerprint density at radius 1 is 1.38 bits per heavy atom. The van der Waals surface area contributed by atoms with E-state index in [0.29, 0.717) is 25.6 Å². The summed E-state index contributed by atoms with van der Waals surface area (Å²) in [5, 5.41) is 19.3. The Bertz CT molecular complexity index is 164. The van der Waals surface area contributed by atoms with Crippen LogP contribution in [0.15, 0.2) is 0 Å². The van der Waals surface area contributed by atoms with E-state index < -0.39 is 5.60 Å². The second-order valence-electron chi connectivity index (χ2n) is 4.49. The number of aliphatic hydroxyl groups is 2. The zero-order valence-electron chi connectivity index (χ0n) is 8.82. The molecule has 0 aromatic carbocycles. The van der Waals surface area contributed by atoms with Crippen LogP contribution < -0.4 is 0 Å². The monoisotopic (exact) mass is 187 g/mol. The minimum Gasteiger partial charge on any atom is -0.392 e. The molecule has 1 atom stereocenters. The van der Waals surface area contributed by atoms with Crippen LogP contribution >= 0.6 is 0 Å². The highest BCUT2D eigenvalue weighted by Crippen LogP contribution is 2.28. The third-order valence-electron chi connectivity index (χ3n) is 3.01. The Morgan fingerprint density at radius 3 is 2.31 bits per heavy atom. The molecule has 0 amide bonds. The summed E-state index contributed by atoms with van der Waals surface area (Å²) in [5.74, 6) is 0.308. The molecule has 78 valence electrons. The second kappa shape index (κ2) is 3.95. The predicted molar refractivity (Wildman–Crippen MR) is 52.5 cm³/mol. The Balaban J connectivity index is 2.25. The topological polar surface area (TPSA) is 43.7 Å². The summed E-state index contributed by atoms with van der Waals surface area (Å²) in [6, 6.07) is 0. The molecule has 1 heterocycles. The fraction of sp³-hybridized carbons (Fsp3) is 1.00. The number of β-amino-alcohol motifs (C(OH)–C–C–N with tert-alkyl or cyclic N) is 2. The van der Waals surface area contributed by atoms with Crippen LogP contribution in [-0.2, 0) is 0 Å². The first-order valence-corrected chi connectivity index (χ1v) is 5.10. The van der Waals surface area contributed by atoms with Crippen LogP contribution in [0.25, 0.3) is 0 Å². The highest BCUT2D eigenvalue weighted by Gasteiger charge is 2.43. The van der Waals surface area contributed by atoms with Crippen LogP contribution in [-0.4, -0.2) is 46.5 Å². The zero-order valence-corrected chi connectivity index (χ0v) is 8.82. The summed E-state index contributed by atoms with van der Waals surface area (Å²) in [6.07, 6.45) is 0.549. The summed E-state index contributed by atoms with van der Waals surface area (Å²) >= 11 is 0. The van der Waals surface area contributed by atoms with E-state index in [-0.39, 0.29) is 6.10 Å². The minimum absolute atomic E-state index is 0.239. The van der Waals surface area contributed by atoms with Gasteiger partial charge in [-0.1, -0.05) is 20.8 Å². The van der Waals surface area contributed by atoms with E-state index in [0.717, 1.165) is 6.42 Å². The third kappa shape index (κ3) is 2.42. The Hall–Kier alpha value is -0.120. The largest absolute Gasteiger partial charge is 0.392 e. The summed E-state index contributed by atoms with van der Waals surface area (Å²) in [4.78, 5) is 2.11. The SMILES string of the molecule is CCC(O)CN1CC(O)(C(C)C)C1. The molecule has 3 nitrogen and oxygen atoms in total. The van der Waals surface area contributed by atoms with E-state index in [1.807, 2.05) is 20.8 Å². The molecule has 1 rings (SSSR count). The smallest absolute Gasteiger partial charge is 0.0922 e. The molecule has 1 fully saturated rings. The molecular weight excluding hydrogens is 166 g/mol. The lowest BCUT2D eigenvalue weighted by atomic mass is 9.83. The summed E-state index contributed by atoms with van der Waals surface area (Å²) in [5.41, 5.74) is -0.506. The van der Waals surface area contributed by atoms with Gasteiger partial charge in [-0.25, -0.2) is 0 Å². The van der Waals surface area contributed by atoms with Crippen LogP contribution in [0.2, 0.25) is 0 Å². The molecule has 13 heavy (non-hydrogen) atoms. The Labute approximate surface area is 80.4 Å². The maximum Gasteiger partial charge on any atom is 0.0922 e. The lowest BCUT2D eigenvalue weighted by molar-refractivity contribution is -0.135. The van der Waals surface area contributed by atoms with Gasteiger partial charge in [0.05, 0.1) is 11.7 Å². The maximum atomic E-state index is 9.92. The van der Waals surface area contributed by atoms with Gasteiger partial charge in [-0.3, -0.25) is 4.90 Å². The van der Waals surface area contributed by atoms with E-state index in [4.69, 9.17) is 0 Å². The normalized spacial score (nSPS) is 24.5. The van der Waals surface area contributed by atoms with Gasteiger partial charge >= 0.3 is 0 Å². The van der Waals surface area contributed by atoms with Gasteiger partial charge in [-0.15, -0.1) is 0 Å². The zero-order chi connectivity index (χ0) is 10.1. The van der Waals surface area contributed by atoms with Gasteiger partial charge < -0.3 is 10.2 Å². The number of hydrogen-bond acceptors (Lipinski definition) is 3. The van der Waals surface area contributed by atoms with Gasteiger partial charge in [0.15, 0.2) is 0 Å². The highest BCUT2D eigenvalue weighted by atomic mass is 16.3. The summed E-state index contributed by atoms with van der Waals surface area (Å²) in [6.45, 7) is 8.16. The second-order valence-corrected chi connectivity index (χ2v) is 4.49. The molecule has 2 N–H and O–H groups in total. The molecule has 1 saturated heterocycles. The lowest BCUT2D eigenvalue weighted by Crippen LogP contribution is -2.65. The standard InChI is InChI=1S/C10H21NO2/c1-4-9(12)5-11-6-10(13,7-11)8(2)3/h8-9,12-13H,4-7H2,1-3H3. The fourth-order valence-electron chi connectivity index (χ4n) is 1.65. The first kappa shape index (κ1) is 11.0. The average molecular weight is 187 g/mol. The van der Waals surface area contributed by atoms with E-state index in [1.54, 1.807) is 0 Å². The van der Waals surface area contributed by atoms with Crippen molar-refractivity contribution < 1.29 is 10.2 Å². The van der Waals surface area contributed by atoms with Crippen LogP contribution in [0.1, 0.15) is 27.2 Å². The van der Waals surface area contributed by atoms with Gasteiger partial charge in [-0.2, -0.15) is 0 Å². The van der Waals surface area contributed by atoms with E-state index in [9.17, 15) is 10.2 Å². The molecule has 1 unspecified atom stereocenters. The average Bonchev–Trinajstić information content (AvgIpc) is 2.00. The number of likely N-dealkylation sites (tertiary alicyclic amines) is 1. The number of rotatable bonds is 4. The van der Waals surface area contributed by atoms with E-state index in [2.05, 4.69) is 4.90 Å². The number of aliphatic hydroxyl groups excluding tert-OH is 1. The van der Waals surface area contributed by atoms with Gasteiger partial charge in [0.25, 0.3) is 0 Å². The maximum absolute atomic E-state index is 9.92. The molecule has 0 aliphatic carbocycles. The van der Waals surface area contributed by atoms with Gasteiger partial charge in [0, 0.05) is 19.6 Å². The molecule has 3 heteroatoms. The van der Waals surface area contributed by atoms with E-state index >= 15 is 0 Å². The van der Waals surface area contributed by atoms with Gasteiger partial charge in [0.2, 0.25) is 0 Å². The number of nitrogens with zero attached hydrogens (tertiary/aromatic N) is 1. The molecule has 1 aliphatic heterocycles. The molecule has 1 aliphatic rings. The lowest BCUT2D eigenvalue weighted by Gasteiger charge is -2.49. The van der Waals surface area contributed by atoms with Crippen LogP contribution in [0.3, 0.4) is 0 Å². The van der Waals surface area contributed by atoms with Crippen LogP contribution in [0.4, 0.5) is 0 Å². The van der Waals surface area contributed by atoms with Crippen LogP contribution in [0.5, 0.6) is 0 Å². The van der Waals surface area contributed by atoms with Crippen molar-refractivity contribution in [2.24, 2.45) is 5.92 Å². The molecule has 0 saturated carbocycles. The Morgan fingerprint density at radius 2 is 1.92 bits per heavy atom. The van der Waals surface area contributed by atoms with Gasteiger partial charge in [-0.05, 0) is 12.3 Å². The molecule has 0 spiro atoms. The molecule has 0 radical (unpaired) electrons. The molecular formula is C10H21NO2. The van der Waals surface area contributed by atoms with Crippen molar-refractivity contribution in [3.8, 4) is 0 Å². The van der Waals surface area contributed by atoms with Crippen molar-refractivity contribution in [2.75, 3.05) is 19.6 Å². The Kier molecular flexibility index (Phi) is 3.33. The van der Waals surface area contributed by atoms with E-state index in [1.165, 1.54) is 0 Å². The molecule has 0 bridgehead atoms.